The number of piperidine rings is 1. The van der Waals surface area contributed by atoms with Crippen LogP contribution in [0.1, 0.15) is 58.3 Å². The van der Waals surface area contributed by atoms with Crippen molar-refractivity contribution in [1.29, 1.82) is 0 Å². The van der Waals surface area contributed by atoms with Gasteiger partial charge in [-0.15, -0.1) is 0 Å². The van der Waals surface area contributed by atoms with Crippen LogP contribution >= 0.6 is 11.8 Å². The van der Waals surface area contributed by atoms with Gasteiger partial charge in [0.25, 0.3) is 0 Å². The zero-order valence-corrected chi connectivity index (χ0v) is 14.7. The Morgan fingerprint density at radius 3 is 2.45 bits per heavy atom. The number of likely N-dealkylation sites (tertiary alicyclic amines) is 1. The monoisotopic (exact) mass is 325 g/mol. The molecule has 0 aromatic carbocycles. The highest BCUT2D eigenvalue weighted by molar-refractivity contribution is 7.99. The lowest BCUT2D eigenvalue weighted by Gasteiger charge is -2.33. The number of rotatable bonds is 5. The molecule has 126 valence electrons. The predicted octanol–water partition coefficient (Wildman–Crippen LogP) is 2.98. The average molecular weight is 326 g/mol. The van der Waals surface area contributed by atoms with E-state index in [1.165, 1.54) is 31.4 Å². The van der Waals surface area contributed by atoms with Gasteiger partial charge in [0.15, 0.2) is 0 Å². The first-order chi connectivity index (χ1) is 10.7. The van der Waals surface area contributed by atoms with E-state index in [9.17, 15) is 4.79 Å². The van der Waals surface area contributed by atoms with Crippen LogP contribution < -0.4 is 10.6 Å². The molecule has 2 atom stereocenters. The fraction of sp³-hybridized carbons (Fsp3) is 0.941. The van der Waals surface area contributed by atoms with E-state index in [0.29, 0.717) is 12.1 Å². The van der Waals surface area contributed by atoms with Gasteiger partial charge in [-0.25, -0.2) is 4.79 Å². The molecule has 2 saturated carbocycles. The second-order valence-electron chi connectivity index (χ2n) is 7.10. The third kappa shape index (κ3) is 4.79. The van der Waals surface area contributed by atoms with Crippen LogP contribution in [0.25, 0.3) is 0 Å². The standard InChI is InChI=1S/C17H31N3OS/c1-2-22-16-5-3-4-14(12-16)19-17(21)18-13-8-10-20(11-9-13)15-6-7-15/h13-16H,2-12H2,1H3,(H2,18,19,21). The van der Waals surface area contributed by atoms with Crippen LogP contribution in [0.15, 0.2) is 0 Å². The summed E-state index contributed by atoms with van der Waals surface area (Å²) in [6.07, 6.45) is 9.86. The summed E-state index contributed by atoms with van der Waals surface area (Å²) in [5.74, 6) is 1.18. The van der Waals surface area contributed by atoms with Crippen molar-refractivity contribution in [3.05, 3.63) is 0 Å². The fourth-order valence-corrected chi connectivity index (χ4v) is 5.10. The molecule has 0 aromatic rings. The Hall–Kier alpha value is -0.420. The van der Waals surface area contributed by atoms with Gasteiger partial charge in [-0.05, 0) is 50.7 Å². The van der Waals surface area contributed by atoms with Crippen LogP contribution in [0.5, 0.6) is 0 Å². The molecule has 1 saturated heterocycles. The molecule has 0 spiro atoms. The summed E-state index contributed by atoms with van der Waals surface area (Å²) in [5.41, 5.74) is 0. The SMILES string of the molecule is CCSC1CCCC(NC(=O)NC2CCN(C3CC3)CC2)C1. The number of nitrogens with one attached hydrogen (secondary N) is 2. The molecule has 5 heteroatoms. The second kappa shape index (κ2) is 7.91. The Morgan fingerprint density at radius 1 is 1.05 bits per heavy atom. The molecule has 4 nitrogen and oxygen atoms in total. The van der Waals surface area contributed by atoms with Crippen molar-refractivity contribution < 1.29 is 4.79 Å². The van der Waals surface area contributed by atoms with Gasteiger partial charge in [-0.1, -0.05) is 13.3 Å². The van der Waals surface area contributed by atoms with Crippen molar-refractivity contribution >= 4 is 17.8 Å². The Morgan fingerprint density at radius 2 is 1.77 bits per heavy atom. The molecule has 0 bridgehead atoms. The highest BCUT2D eigenvalue weighted by Gasteiger charge is 2.32. The molecule has 3 fully saturated rings. The van der Waals surface area contributed by atoms with Gasteiger partial charge in [0, 0.05) is 36.5 Å². The topological polar surface area (TPSA) is 44.4 Å². The minimum absolute atomic E-state index is 0.0667. The first-order valence-electron chi connectivity index (χ1n) is 9.17. The fourth-order valence-electron chi connectivity index (χ4n) is 3.92. The third-order valence-electron chi connectivity index (χ3n) is 5.29. The number of amides is 2. The van der Waals surface area contributed by atoms with Crippen molar-refractivity contribution in [2.24, 2.45) is 0 Å². The number of hydrogen-bond acceptors (Lipinski definition) is 3. The van der Waals surface area contributed by atoms with E-state index in [0.717, 1.165) is 50.1 Å². The van der Waals surface area contributed by atoms with Crippen LogP contribution in [0.4, 0.5) is 4.79 Å². The van der Waals surface area contributed by atoms with Crippen molar-refractivity contribution in [1.82, 2.24) is 15.5 Å². The minimum Gasteiger partial charge on any atom is -0.335 e. The zero-order chi connectivity index (χ0) is 15.4. The number of hydrogen-bond donors (Lipinski definition) is 2. The van der Waals surface area contributed by atoms with E-state index in [-0.39, 0.29) is 6.03 Å². The molecule has 0 radical (unpaired) electrons. The average Bonchev–Trinajstić information content (AvgIpc) is 3.33. The smallest absolute Gasteiger partial charge is 0.315 e. The zero-order valence-electron chi connectivity index (χ0n) is 13.9. The van der Waals surface area contributed by atoms with Crippen LogP contribution in [0.3, 0.4) is 0 Å². The minimum atomic E-state index is 0.0667. The molecule has 3 aliphatic rings. The van der Waals surface area contributed by atoms with Gasteiger partial charge in [0.2, 0.25) is 0 Å². The van der Waals surface area contributed by atoms with Gasteiger partial charge in [-0.2, -0.15) is 11.8 Å². The molecule has 1 aliphatic heterocycles. The van der Waals surface area contributed by atoms with Crippen molar-refractivity contribution in [3.8, 4) is 0 Å². The summed E-state index contributed by atoms with van der Waals surface area (Å²) in [7, 11) is 0. The summed E-state index contributed by atoms with van der Waals surface area (Å²) in [6.45, 7) is 4.55. The van der Waals surface area contributed by atoms with E-state index in [4.69, 9.17) is 0 Å². The van der Waals surface area contributed by atoms with Crippen LogP contribution in [0, 0.1) is 0 Å². The molecule has 2 N–H and O–H groups in total. The molecule has 22 heavy (non-hydrogen) atoms. The lowest BCUT2D eigenvalue weighted by Crippen LogP contribution is -2.51. The molecule has 2 aliphatic carbocycles. The maximum absolute atomic E-state index is 12.2. The van der Waals surface area contributed by atoms with Crippen molar-refractivity contribution in [3.63, 3.8) is 0 Å². The van der Waals surface area contributed by atoms with Crippen LogP contribution in [0.2, 0.25) is 0 Å². The molecular formula is C17H31N3OS. The molecule has 0 aromatic heterocycles. The highest BCUT2D eigenvalue weighted by Crippen LogP contribution is 2.30. The van der Waals surface area contributed by atoms with Crippen LogP contribution in [-0.2, 0) is 0 Å². The summed E-state index contributed by atoms with van der Waals surface area (Å²) < 4.78 is 0. The predicted molar refractivity (Wildman–Crippen MR) is 93.5 cm³/mol. The summed E-state index contributed by atoms with van der Waals surface area (Å²) >= 11 is 2.05. The number of nitrogens with zero attached hydrogens (tertiary/aromatic N) is 1. The van der Waals surface area contributed by atoms with Crippen molar-refractivity contribution in [2.45, 2.75) is 81.7 Å². The second-order valence-corrected chi connectivity index (χ2v) is 8.68. The maximum Gasteiger partial charge on any atom is 0.315 e. The number of carbonyl (C=O) groups is 1. The Kier molecular flexibility index (Phi) is 5.91. The Bertz CT molecular complexity index is 365. The Balaban J connectivity index is 1.35. The van der Waals surface area contributed by atoms with Gasteiger partial charge >= 0.3 is 6.03 Å². The van der Waals surface area contributed by atoms with E-state index in [1.807, 2.05) is 0 Å². The molecule has 2 unspecified atom stereocenters. The number of thioether (sulfide) groups is 1. The lowest BCUT2D eigenvalue weighted by molar-refractivity contribution is 0.184. The molecule has 2 amide bonds. The summed E-state index contributed by atoms with van der Waals surface area (Å²) in [6, 6.07) is 1.69. The maximum atomic E-state index is 12.2. The van der Waals surface area contributed by atoms with Gasteiger partial charge < -0.3 is 15.5 Å². The van der Waals surface area contributed by atoms with Gasteiger partial charge in [0.05, 0.1) is 0 Å². The number of carbonyl (C=O) groups excluding carboxylic acids is 1. The molecule has 1 heterocycles. The molecule has 3 rings (SSSR count). The summed E-state index contributed by atoms with van der Waals surface area (Å²) in [4.78, 5) is 14.8. The first kappa shape index (κ1) is 16.4. The van der Waals surface area contributed by atoms with E-state index in [2.05, 4.69) is 34.2 Å². The van der Waals surface area contributed by atoms with Crippen LogP contribution in [-0.4, -0.2) is 53.1 Å². The van der Waals surface area contributed by atoms with Gasteiger partial charge in [0.1, 0.15) is 0 Å². The number of urea groups is 1. The largest absolute Gasteiger partial charge is 0.335 e. The van der Waals surface area contributed by atoms with Crippen molar-refractivity contribution in [2.75, 3.05) is 18.8 Å². The van der Waals surface area contributed by atoms with E-state index < -0.39 is 0 Å². The van der Waals surface area contributed by atoms with E-state index >= 15 is 0 Å². The quantitative estimate of drug-likeness (QED) is 0.817. The lowest BCUT2D eigenvalue weighted by atomic mass is 9.95. The normalized spacial score (nSPS) is 31.0. The third-order valence-corrected chi connectivity index (χ3v) is 6.52. The highest BCUT2D eigenvalue weighted by atomic mass is 32.2. The summed E-state index contributed by atoms with van der Waals surface area (Å²) in [5, 5.41) is 7.17. The Labute approximate surface area is 139 Å². The first-order valence-corrected chi connectivity index (χ1v) is 10.2. The van der Waals surface area contributed by atoms with Gasteiger partial charge in [-0.3, -0.25) is 0 Å². The van der Waals surface area contributed by atoms with E-state index in [1.54, 1.807) is 0 Å². The molecular weight excluding hydrogens is 294 g/mol.